The van der Waals surface area contributed by atoms with E-state index in [4.69, 9.17) is 10.5 Å². The molecule has 1 rings (SSSR count). The minimum Gasteiger partial charge on any atom is -0.482 e. The summed E-state index contributed by atoms with van der Waals surface area (Å²) in [5.41, 5.74) is 5.72. The van der Waals surface area contributed by atoms with Crippen molar-refractivity contribution in [1.29, 1.82) is 0 Å². The molecule has 1 amide bonds. The monoisotopic (exact) mass is 240 g/mol. The summed E-state index contributed by atoms with van der Waals surface area (Å²) in [5, 5.41) is 2.71. The molecule has 0 heterocycles. The third-order valence-electron chi connectivity index (χ3n) is 2.18. The highest BCUT2D eigenvalue weighted by atomic mass is 19.1. The number of carbonyl (C=O) groups is 1. The topological polar surface area (TPSA) is 64.3 Å². The molecule has 0 aromatic heterocycles. The molecule has 0 bridgehead atoms. The second kappa shape index (κ2) is 6.73. The molecule has 0 aliphatic carbocycles. The normalized spacial score (nSPS) is 10.0. The Kier molecular flexibility index (Phi) is 5.26. The van der Waals surface area contributed by atoms with Crippen LogP contribution in [0, 0.1) is 5.82 Å². The van der Waals surface area contributed by atoms with E-state index in [9.17, 15) is 9.18 Å². The number of ether oxygens (including phenoxy) is 1. The summed E-state index contributed by atoms with van der Waals surface area (Å²) in [6, 6.07) is 3.80. The number of amides is 1. The minimum absolute atomic E-state index is 0.112. The molecule has 5 heteroatoms. The van der Waals surface area contributed by atoms with Crippen LogP contribution in [0.4, 0.5) is 10.1 Å². The first-order valence-corrected chi connectivity index (χ1v) is 5.58. The van der Waals surface area contributed by atoms with E-state index in [0.717, 1.165) is 18.9 Å². The third-order valence-corrected chi connectivity index (χ3v) is 2.18. The SMILES string of the molecule is CCCCNC(=O)COc1ccc(F)cc1N. The molecule has 0 spiro atoms. The summed E-state index contributed by atoms with van der Waals surface area (Å²) in [4.78, 5) is 11.3. The Bertz CT molecular complexity index is 383. The van der Waals surface area contributed by atoms with Crippen LogP contribution in [0.2, 0.25) is 0 Å². The number of hydrogen-bond acceptors (Lipinski definition) is 3. The van der Waals surface area contributed by atoms with Crippen molar-refractivity contribution in [3.63, 3.8) is 0 Å². The van der Waals surface area contributed by atoms with Gasteiger partial charge in [-0.25, -0.2) is 4.39 Å². The van der Waals surface area contributed by atoms with E-state index in [1.54, 1.807) is 0 Å². The number of nitrogen functional groups attached to an aromatic ring is 1. The van der Waals surface area contributed by atoms with Crippen LogP contribution in [0.15, 0.2) is 18.2 Å². The van der Waals surface area contributed by atoms with Crippen LogP contribution < -0.4 is 15.8 Å². The van der Waals surface area contributed by atoms with E-state index in [2.05, 4.69) is 5.32 Å². The predicted molar refractivity (Wildman–Crippen MR) is 64.2 cm³/mol. The van der Waals surface area contributed by atoms with Gasteiger partial charge in [-0.2, -0.15) is 0 Å². The van der Waals surface area contributed by atoms with Crippen LogP contribution in [0.5, 0.6) is 5.75 Å². The predicted octanol–water partition coefficient (Wildman–Crippen LogP) is 1.70. The molecule has 0 atom stereocenters. The summed E-state index contributed by atoms with van der Waals surface area (Å²) in [5.74, 6) is -0.318. The maximum absolute atomic E-state index is 12.7. The largest absolute Gasteiger partial charge is 0.482 e. The summed E-state index contributed by atoms with van der Waals surface area (Å²) in [6.07, 6.45) is 1.95. The van der Waals surface area contributed by atoms with Gasteiger partial charge in [0.2, 0.25) is 0 Å². The number of nitrogens with one attached hydrogen (secondary N) is 1. The highest BCUT2D eigenvalue weighted by Gasteiger charge is 2.05. The fraction of sp³-hybridized carbons (Fsp3) is 0.417. The second-order valence-corrected chi connectivity index (χ2v) is 3.67. The van der Waals surface area contributed by atoms with Gasteiger partial charge in [0.25, 0.3) is 5.91 Å². The zero-order valence-electron chi connectivity index (χ0n) is 9.83. The van der Waals surface area contributed by atoms with Crippen LogP contribution in [-0.4, -0.2) is 19.1 Å². The highest BCUT2D eigenvalue weighted by Crippen LogP contribution is 2.21. The summed E-state index contributed by atoms with van der Waals surface area (Å²) in [7, 11) is 0. The number of nitrogens with two attached hydrogens (primary N) is 1. The fourth-order valence-electron chi connectivity index (χ4n) is 1.25. The average Bonchev–Trinajstić information content (AvgIpc) is 2.28. The molecule has 0 unspecified atom stereocenters. The number of rotatable bonds is 6. The summed E-state index contributed by atoms with van der Waals surface area (Å²) >= 11 is 0. The fourth-order valence-corrected chi connectivity index (χ4v) is 1.25. The van der Waals surface area contributed by atoms with E-state index < -0.39 is 5.82 Å². The Labute approximate surface area is 100.0 Å². The highest BCUT2D eigenvalue weighted by molar-refractivity contribution is 5.77. The van der Waals surface area contributed by atoms with E-state index in [0.29, 0.717) is 12.3 Å². The number of anilines is 1. The van der Waals surface area contributed by atoms with E-state index >= 15 is 0 Å². The van der Waals surface area contributed by atoms with Gasteiger partial charge in [0, 0.05) is 12.6 Å². The lowest BCUT2D eigenvalue weighted by atomic mass is 10.3. The van der Waals surface area contributed by atoms with Crippen molar-refractivity contribution in [1.82, 2.24) is 5.32 Å². The summed E-state index contributed by atoms with van der Waals surface area (Å²) in [6.45, 7) is 2.57. The van der Waals surface area contributed by atoms with Crippen LogP contribution in [0.1, 0.15) is 19.8 Å². The third kappa shape index (κ3) is 4.72. The number of unbranched alkanes of at least 4 members (excludes halogenated alkanes) is 1. The van der Waals surface area contributed by atoms with Gasteiger partial charge in [-0.05, 0) is 18.6 Å². The van der Waals surface area contributed by atoms with Crippen LogP contribution >= 0.6 is 0 Å². The molecule has 0 saturated carbocycles. The van der Waals surface area contributed by atoms with Gasteiger partial charge in [0.05, 0.1) is 5.69 Å². The molecule has 4 nitrogen and oxygen atoms in total. The van der Waals surface area contributed by atoms with Crippen LogP contribution in [-0.2, 0) is 4.79 Å². The van der Waals surface area contributed by atoms with Gasteiger partial charge in [-0.3, -0.25) is 4.79 Å². The van der Waals surface area contributed by atoms with Crippen molar-refractivity contribution in [2.45, 2.75) is 19.8 Å². The smallest absolute Gasteiger partial charge is 0.257 e. The Morgan fingerprint density at radius 3 is 2.94 bits per heavy atom. The summed E-state index contributed by atoms with van der Waals surface area (Å²) < 4.78 is 17.9. The van der Waals surface area contributed by atoms with E-state index in [-0.39, 0.29) is 18.2 Å². The van der Waals surface area contributed by atoms with Crippen molar-refractivity contribution in [3.8, 4) is 5.75 Å². The van der Waals surface area contributed by atoms with Gasteiger partial charge in [0.15, 0.2) is 6.61 Å². The molecule has 0 saturated heterocycles. The first-order valence-electron chi connectivity index (χ1n) is 5.58. The van der Waals surface area contributed by atoms with Gasteiger partial charge in [-0.15, -0.1) is 0 Å². The molecule has 0 aliphatic rings. The Morgan fingerprint density at radius 1 is 1.53 bits per heavy atom. The number of benzene rings is 1. The molecule has 3 N–H and O–H groups in total. The van der Waals surface area contributed by atoms with E-state index in [1.165, 1.54) is 12.1 Å². The zero-order chi connectivity index (χ0) is 12.7. The van der Waals surface area contributed by atoms with Crippen molar-refractivity contribution < 1.29 is 13.9 Å². The lowest BCUT2D eigenvalue weighted by molar-refractivity contribution is -0.123. The molecular formula is C12H17FN2O2. The van der Waals surface area contributed by atoms with Crippen molar-refractivity contribution >= 4 is 11.6 Å². The number of hydrogen-bond donors (Lipinski definition) is 2. The van der Waals surface area contributed by atoms with Crippen LogP contribution in [0.3, 0.4) is 0 Å². The molecule has 0 fully saturated rings. The molecule has 94 valence electrons. The lowest BCUT2D eigenvalue weighted by Gasteiger charge is -2.09. The number of halogens is 1. The first kappa shape index (κ1) is 13.3. The average molecular weight is 240 g/mol. The maximum Gasteiger partial charge on any atom is 0.257 e. The van der Waals surface area contributed by atoms with Crippen molar-refractivity contribution in [2.75, 3.05) is 18.9 Å². The van der Waals surface area contributed by atoms with Gasteiger partial charge >= 0.3 is 0 Å². The number of carbonyl (C=O) groups excluding carboxylic acids is 1. The standard InChI is InChI=1S/C12H17FN2O2/c1-2-3-6-15-12(16)8-17-11-5-4-9(13)7-10(11)14/h4-5,7H,2-3,6,8,14H2,1H3,(H,15,16). The second-order valence-electron chi connectivity index (χ2n) is 3.67. The lowest BCUT2D eigenvalue weighted by Crippen LogP contribution is -2.29. The Balaban J connectivity index is 2.37. The zero-order valence-corrected chi connectivity index (χ0v) is 9.83. The van der Waals surface area contributed by atoms with Crippen molar-refractivity contribution in [2.24, 2.45) is 0 Å². The van der Waals surface area contributed by atoms with Gasteiger partial charge < -0.3 is 15.8 Å². The molecule has 1 aromatic rings. The maximum atomic E-state index is 12.7. The Hall–Kier alpha value is -1.78. The van der Waals surface area contributed by atoms with Gasteiger partial charge in [0.1, 0.15) is 11.6 Å². The molecule has 0 aliphatic heterocycles. The van der Waals surface area contributed by atoms with E-state index in [1.807, 2.05) is 6.92 Å². The van der Waals surface area contributed by atoms with Gasteiger partial charge in [-0.1, -0.05) is 13.3 Å². The first-order chi connectivity index (χ1) is 8.13. The molecular weight excluding hydrogens is 223 g/mol. The Morgan fingerprint density at radius 2 is 2.29 bits per heavy atom. The molecule has 17 heavy (non-hydrogen) atoms. The quantitative estimate of drug-likeness (QED) is 0.587. The van der Waals surface area contributed by atoms with Crippen LogP contribution in [0.25, 0.3) is 0 Å². The molecule has 0 radical (unpaired) electrons. The van der Waals surface area contributed by atoms with Crippen molar-refractivity contribution in [3.05, 3.63) is 24.0 Å². The molecule has 1 aromatic carbocycles. The minimum atomic E-state index is -0.428.